The summed E-state index contributed by atoms with van der Waals surface area (Å²) in [5.74, 6) is 0.268. The lowest BCUT2D eigenvalue weighted by Gasteiger charge is -2.29. The zero-order chi connectivity index (χ0) is 21.8. The maximum absolute atomic E-state index is 13.1. The molecular weight excluding hydrogens is 418 g/mol. The van der Waals surface area contributed by atoms with E-state index in [0.717, 1.165) is 18.8 Å². The van der Waals surface area contributed by atoms with Crippen molar-refractivity contribution in [3.05, 3.63) is 48.5 Å². The number of carbonyl (C=O) groups excluding carboxylic acids is 1. The highest BCUT2D eigenvalue weighted by atomic mass is 32.2. The smallest absolute Gasteiger partial charge is 0.243 e. The van der Waals surface area contributed by atoms with Crippen molar-refractivity contribution in [3.63, 3.8) is 0 Å². The Morgan fingerprint density at radius 3 is 2.35 bits per heavy atom. The molecule has 2 aromatic carbocycles. The average Bonchev–Trinajstić information content (AvgIpc) is 3.31. The number of nitrogens with one attached hydrogen (secondary N) is 1. The predicted octanol–water partition coefficient (Wildman–Crippen LogP) is 2.32. The molecule has 1 N–H and O–H groups in total. The van der Waals surface area contributed by atoms with Crippen LogP contribution >= 0.6 is 0 Å². The lowest BCUT2D eigenvalue weighted by atomic mass is 10.2. The van der Waals surface area contributed by atoms with Gasteiger partial charge < -0.3 is 19.7 Å². The van der Waals surface area contributed by atoms with Crippen molar-refractivity contribution < 1.29 is 22.7 Å². The van der Waals surface area contributed by atoms with Gasteiger partial charge in [-0.2, -0.15) is 4.31 Å². The molecule has 0 radical (unpaired) electrons. The zero-order valence-electron chi connectivity index (χ0n) is 17.5. The number of carbonyl (C=O) groups is 1. The van der Waals surface area contributed by atoms with Gasteiger partial charge in [0, 0.05) is 31.0 Å². The highest BCUT2D eigenvalue weighted by Gasteiger charge is 2.39. The SMILES string of the molecule is COc1ccc(S(=O)(=O)N2CCC[C@@H]2C(=O)Nc2ccc(N3CCOCC3)cc2)cc1. The summed E-state index contributed by atoms with van der Waals surface area (Å²) in [5.41, 5.74) is 1.72. The number of nitrogens with zero attached hydrogens (tertiary/aromatic N) is 2. The Morgan fingerprint density at radius 1 is 1.03 bits per heavy atom. The van der Waals surface area contributed by atoms with Crippen molar-refractivity contribution in [2.75, 3.05) is 50.2 Å². The number of ether oxygens (including phenoxy) is 2. The Morgan fingerprint density at radius 2 is 1.71 bits per heavy atom. The van der Waals surface area contributed by atoms with Gasteiger partial charge in [-0.3, -0.25) is 4.79 Å². The molecule has 1 atom stereocenters. The second kappa shape index (κ2) is 9.25. The normalized spacial score (nSPS) is 19.9. The van der Waals surface area contributed by atoms with E-state index in [9.17, 15) is 13.2 Å². The van der Waals surface area contributed by atoms with Crippen LogP contribution in [0.2, 0.25) is 0 Å². The summed E-state index contributed by atoms with van der Waals surface area (Å²) in [6.07, 6.45) is 1.14. The van der Waals surface area contributed by atoms with E-state index in [1.807, 2.05) is 24.3 Å². The minimum atomic E-state index is -3.77. The van der Waals surface area contributed by atoms with Crippen LogP contribution in [0.4, 0.5) is 11.4 Å². The molecule has 2 heterocycles. The number of benzene rings is 2. The maximum Gasteiger partial charge on any atom is 0.243 e. The fourth-order valence-corrected chi connectivity index (χ4v) is 5.63. The molecule has 4 rings (SSSR count). The third-order valence-electron chi connectivity index (χ3n) is 5.68. The van der Waals surface area contributed by atoms with Crippen molar-refractivity contribution >= 4 is 27.3 Å². The molecule has 0 spiro atoms. The second-order valence-electron chi connectivity index (χ2n) is 7.58. The lowest BCUT2D eigenvalue weighted by molar-refractivity contribution is -0.119. The Labute approximate surface area is 182 Å². The standard InChI is InChI=1S/C22H27N3O5S/c1-29-19-8-10-20(11-9-19)31(27,28)25-12-2-3-21(25)22(26)23-17-4-6-18(7-5-17)24-13-15-30-16-14-24/h4-11,21H,2-3,12-16H2,1H3,(H,23,26)/t21-/m1/s1. The van der Waals surface area contributed by atoms with Crippen LogP contribution in [0.1, 0.15) is 12.8 Å². The summed E-state index contributed by atoms with van der Waals surface area (Å²) < 4.78 is 38.0. The summed E-state index contributed by atoms with van der Waals surface area (Å²) in [6, 6.07) is 13.1. The second-order valence-corrected chi connectivity index (χ2v) is 9.48. The molecule has 0 bridgehead atoms. The molecule has 0 unspecified atom stereocenters. The van der Waals surface area contributed by atoms with Crippen LogP contribution in [-0.2, 0) is 19.6 Å². The summed E-state index contributed by atoms with van der Waals surface area (Å²) in [5, 5.41) is 2.88. The minimum Gasteiger partial charge on any atom is -0.497 e. The summed E-state index contributed by atoms with van der Waals surface area (Å²) in [4.78, 5) is 15.3. The van der Waals surface area contributed by atoms with Crippen molar-refractivity contribution in [2.45, 2.75) is 23.8 Å². The van der Waals surface area contributed by atoms with Crippen molar-refractivity contribution in [1.82, 2.24) is 4.31 Å². The van der Waals surface area contributed by atoms with Gasteiger partial charge in [-0.15, -0.1) is 0 Å². The van der Waals surface area contributed by atoms with E-state index >= 15 is 0 Å². The van der Waals surface area contributed by atoms with Gasteiger partial charge in [-0.05, 0) is 61.4 Å². The van der Waals surface area contributed by atoms with E-state index in [1.54, 1.807) is 12.1 Å². The van der Waals surface area contributed by atoms with Crippen LogP contribution in [0.25, 0.3) is 0 Å². The van der Waals surface area contributed by atoms with Crippen LogP contribution in [-0.4, -0.2) is 64.6 Å². The van der Waals surface area contributed by atoms with Crippen molar-refractivity contribution in [2.24, 2.45) is 0 Å². The number of sulfonamides is 1. The number of hydrogen-bond acceptors (Lipinski definition) is 6. The summed E-state index contributed by atoms with van der Waals surface area (Å²) >= 11 is 0. The molecule has 2 aromatic rings. The number of anilines is 2. The highest BCUT2D eigenvalue weighted by Crippen LogP contribution is 2.28. The molecule has 2 saturated heterocycles. The first-order chi connectivity index (χ1) is 15.0. The van der Waals surface area contributed by atoms with E-state index in [2.05, 4.69) is 10.2 Å². The largest absolute Gasteiger partial charge is 0.497 e. The summed E-state index contributed by atoms with van der Waals surface area (Å²) in [7, 11) is -2.25. The van der Waals surface area contributed by atoms with E-state index in [-0.39, 0.29) is 10.8 Å². The molecule has 2 aliphatic heterocycles. The van der Waals surface area contributed by atoms with Crippen LogP contribution in [0.15, 0.2) is 53.4 Å². The van der Waals surface area contributed by atoms with E-state index < -0.39 is 16.1 Å². The first-order valence-electron chi connectivity index (χ1n) is 10.4. The predicted molar refractivity (Wildman–Crippen MR) is 118 cm³/mol. The van der Waals surface area contributed by atoms with Gasteiger partial charge in [-0.25, -0.2) is 8.42 Å². The van der Waals surface area contributed by atoms with Crippen LogP contribution in [0.5, 0.6) is 5.75 Å². The molecule has 2 aliphatic rings. The fourth-order valence-electron chi connectivity index (χ4n) is 3.98. The van der Waals surface area contributed by atoms with Crippen LogP contribution in [0, 0.1) is 0 Å². The summed E-state index contributed by atoms with van der Waals surface area (Å²) in [6.45, 7) is 3.41. The number of morpholine rings is 1. The van der Waals surface area contributed by atoms with E-state index in [4.69, 9.17) is 9.47 Å². The number of amides is 1. The van der Waals surface area contributed by atoms with Gasteiger partial charge in [0.05, 0.1) is 25.2 Å². The van der Waals surface area contributed by atoms with Gasteiger partial charge in [0.15, 0.2) is 0 Å². The Bertz CT molecular complexity index is 1000. The van der Waals surface area contributed by atoms with Crippen LogP contribution in [0.3, 0.4) is 0 Å². The van der Waals surface area contributed by atoms with E-state index in [1.165, 1.54) is 23.5 Å². The Kier molecular flexibility index (Phi) is 6.45. The molecule has 0 saturated carbocycles. The molecule has 8 nitrogen and oxygen atoms in total. The van der Waals surface area contributed by atoms with Crippen LogP contribution < -0.4 is 15.0 Å². The molecular formula is C22H27N3O5S. The van der Waals surface area contributed by atoms with Gasteiger partial charge in [0.25, 0.3) is 0 Å². The highest BCUT2D eigenvalue weighted by molar-refractivity contribution is 7.89. The van der Waals surface area contributed by atoms with Crippen molar-refractivity contribution in [3.8, 4) is 5.75 Å². The Hall–Kier alpha value is -2.62. The molecule has 166 valence electrons. The topological polar surface area (TPSA) is 88.2 Å². The molecule has 2 fully saturated rings. The average molecular weight is 446 g/mol. The van der Waals surface area contributed by atoms with Crippen molar-refractivity contribution in [1.29, 1.82) is 0 Å². The maximum atomic E-state index is 13.1. The third kappa shape index (κ3) is 4.68. The fraction of sp³-hybridized carbons (Fsp3) is 0.409. The molecule has 31 heavy (non-hydrogen) atoms. The van der Waals surface area contributed by atoms with Gasteiger partial charge in [0.1, 0.15) is 11.8 Å². The monoisotopic (exact) mass is 445 g/mol. The van der Waals surface area contributed by atoms with Gasteiger partial charge in [-0.1, -0.05) is 0 Å². The quantitative estimate of drug-likeness (QED) is 0.734. The Balaban J connectivity index is 1.44. The number of rotatable bonds is 6. The third-order valence-corrected chi connectivity index (χ3v) is 7.61. The minimum absolute atomic E-state index is 0.155. The molecule has 1 amide bonds. The number of hydrogen-bond donors (Lipinski definition) is 1. The molecule has 9 heteroatoms. The first-order valence-corrected chi connectivity index (χ1v) is 11.8. The lowest BCUT2D eigenvalue weighted by Crippen LogP contribution is -2.43. The van der Waals surface area contributed by atoms with Gasteiger partial charge >= 0.3 is 0 Å². The molecule has 0 aromatic heterocycles. The van der Waals surface area contributed by atoms with Gasteiger partial charge in [0.2, 0.25) is 15.9 Å². The van der Waals surface area contributed by atoms with E-state index in [0.29, 0.717) is 44.0 Å². The zero-order valence-corrected chi connectivity index (χ0v) is 18.3. The first kappa shape index (κ1) is 21.6. The number of methoxy groups -OCH3 is 1. The molecule has 0 aliphatic carbocycles.